The highest BCUT2D eigenvalue weighted by molar-refractivity contribution is 5.85. The Hall–Kier alpha value is 0.210. The molecule has 0 aromatic rings. The van der Waals surface area contributed by atoms with Gasteiger partial charge in [0, 0.05) is 19.1 Å². The molecule has 2 fully saturated rings. The number of nitrogens with one attached hydrogen (secondary N) is 1. The zero-order chi connectivity index (χ0) is 11.1. The SMILES string of the molecule is C1CCCC(N2CCCCCCN2)CCC1.Cl. The number of halogens is 1. The fourth-order valence-electron chi connectivity index (χ4n) is 3.12. The summed E-state index contributed by atoms with van der Waals surface area (Å²) in [6.45, 7) is 2.49. The van der Waals surface area contributed by atoms with Crippen molar-refractivity contribution < 1.29 is 0 Å². The molecule has 102 valence electrons. The molecule has 2 nitrogen and oxygen atoms in total. The van der Waals surface area contributed by atoms with E-state index in [9.17, 15) is 0 Å². The van der Waals surface area contributed by atoms with E-state index in [4.69, 9.17) is 0 Å². The number of hydrogen-bond donors (Lipinski definition) is 1. The Bertz CT molecular complexity index is 151. The summed E-state index contributed by atoms with van der Waals surface area (Å²) in [7, 11) is 0. The van der Waals surface area contributed by atoms with Gasteiger partial charge in [0.1, 0.15) is 0 Å². The van der Waals surface area contributed by atoms with E-state index in [1.165, 1.54) is 83.7 Å². The Morgan fingerprint density at radius 3 is 2.06 bits per heavy atom. The van der Waals surface area contributed by atoms with Crippen LogP contribution in [0.15, 0.2) is 0 Å². The number of nitrogens with zero attached hydrogens (tertiary/aromatic N) is 1. The predicted octanol–water partition coefficient (Wildman–Crippen LogP) is 3.90. The van der Waals surface area contributed by atoms with Crippen molar-refractivity contribution in [2.45, 2.75) is 76.7 Å². The zero-order valence-corrected chi connectivity index (χ0v) is 11.9. The van der Waals surface area contributed by atoms with Gasteiger partial charge in [0.2, 0.25) is 0 Å². The third-order valence-electron chi connectivity index (χ3n) is 4.16. The highest BCUT2D eigenvalue weighted by Gasteiger charge is 2.19. The predicted molar refractivity (Wildman–Crippen MR) is 76.5 cm³/mol. The largest absolute Gasteiger partial charge is 0.255 e. The lowest BCUT2D eigenvalue weighted by Gasteiger charge is -2.34. The first-order valence-corrected chi connectivity index (χ1v) is 7.47. The average Bonchev–Trinajstić information content (AvgIpc) is 2.18. The van der Waals surface area contributed by atoms with Crippen LogP contribution in [0.3, 0.4) is 0 Å². The maximum absolute atomic E-state index is 3.67. The maximum atomic E-state index is 3.67. The molecule has 2 aliphatic rings. The molecule has 17 heavy (non-hydrogen) atoms. The molecule has 3 heteroatoms. The number of hydrazine groups is 1. The first-order chi connectivity index (χ1) is 7.97. The van der Waals surface area contributed by atoms with Gasteiger partial charge >= 0.3 is 0 Å². The molecular formula is C14H29ClN2. The summed E-state index contributed by atoms with van der Waals surface area (Å²) in [5.74, 6) is 0. The second kappa shape index (κ2) is 9.18. The molecule has 0 radical (unpaired) electrons. The Morgan fingerprint density at radius 2 is 1.29 bits per heavy atom. The summed E-state index contributed by atoms with van der Waals surface area (Å²) in [6.07, 6.45) is 15.8. The number of rotatable bonds is 1. The van der Waals surface area contributed by atoms with Crippen LogP contribution in [0.1, 0.15) is 70.6 Å². The van der Waals surface area contributed by atoms with Gasteiger partial charge in [0.25, 0.3) is 0 Å². The van der Waals surface area contributed by atoms with Crippen molar-refractivity contribution in [1.82, 2.24) is 10.4 Å². The normalized spacial score (nSPS) is 26.1. The van der Waals surface area contributed by atoms with Crippen LogP contribution >= 0.6 is 12.4 Å². The summed E-state index contributed by atoms with van der Waals surface area (Å²) in [4.78, 5) is 0. The second-order valence-electron chi connectivity index (χ2n) is 5.51. The topological polar surface area (TPSA) is 15.3 Å². The molecule has 0 amide bonds. The minimum absolute atomic E-state index is 0. The van der Waals surface area contributed by atoms with Crippen LogP contribution < -0.4 is 5.43 Å². The van der Waals surface area contributed by atoms with Gasteiger partial charge in [0.15, 0.2) is 0 Å². The Labute approximate surface area is 113 Å². The van der Waals surface area contributed by atoms with Gasteiger partial charge in [-0.2, -0.15) is 0 Å². The molecule has 0 unspecified atom stereocenters. The first kappa shape index (κ1) is 15.3. The summed E-state index contributed by atoms with van der Waals surface area (Å²) in [6, 6.07) is 0.832. The van der Waals surface area contributed by atoms with Crippen LogP contribution in [0.2, 0.25) is 0 Å². The lowest BCUT2D eigenvalue weighted by molar-refractivity contribution is 0.0927. The quantitative estimate of drug-likeness (QED) is 0.769. The van der Waals surface area contributed by atoms with Crippen molar-refractivity contribution in [3.63, 3.8) is 0 Å². The average molecular weight is 261 g/mol. The molecule has 1 aliphatic carbocycles. The second-order valence-corrected chi connectivity index (χ2v) is 5.51. The van der Waals surface area contributed by atoms with E-state index in [2.05, 4.69) is 10.4 Å². The van der Waals surface area contributed by atoms with Crippen LogP contribution in [0, 0.1) is 0 Å². The minimum atomic E-state index is 0. The van der Waals surface area contributed by atoms with Crippen molar-refractivity contribution in [3.05, 3.63) is 0 Å². The summed E-state index contributed by atoms with van der Waals surface area (Å²) in [5.41, 5.74) is 3.67. The van der Waals surface area contributed by atoms with Crippen molar-refractivity contribution in [2.24, 2.45) is 0 Å². The van der Waals surface area contributed by atoms with Gasteiger partial charge in [-0.25, -0.2) is 5.01 Å². The van der Waals surface area contributed by atoms with Gasteiger partial charge < -0.3 is 0 Å². The molecule has 0 aromatic carbocycles. The van der Waals surface area contributed by atoms with Crippen molar-refractivity contribution >= 4 is 12.4 Å². The van der Waals surface area contributed by atoms with Gasteiger partial charge in [-0.15, -0.1) is 12.4 Å². The Morgan fingerprint density at radius 1 is 0.706 bits per heavy atom. The van der Waals surface area contributed by atoms with Crippen molar-refractivity contribution in [2.75, 3.05) is 13.1 Å². The van der Waals surface area contributed by atoms with Crippen molar-refractivity contribution in [1.29, 1.82) is 0 Å². The fourth-order valence-corrected chi connectivity index (χ4v) is 3.12. The maximum Gasteiger partial charge on any atom is 0.0243 e. The third-order valence-corrected chi connectivity index (χ3v) is 4.16. The highest BCUT2D eigenvalue weighted by Crippen LogP contribution is 2.21. The molecule has 2 rings (SSSR count). The molecular weight excluding hydrogens is 232 g/mol. The minimum Gasteiger partial charge on any atom is -0.255 e. The van der Waals surface area contributed by atoms with Gasteiger partial charge in [-0.3, -0.25) is 5.43 Å². The molecule has 0 atom stereocenters. The molecule has 0 spiro atoms. The standard InChI is InChI=1S/C14H28N2.ClH/c1-2-6-10-14(11-7-3-1)16-13-9-5-4-8-12-15-16;/h14-15H,1-13H2;1H. The molecule has 0 bridgehead atoms. The highest BCUT2D eigenvalue weighted by atomic mass is 35.5. The fraction of sp³-hybridized carbons (Fsp3) is 1.00. The van der Waals surface area contributed by atoms with Crippen LogP contribution in [0.4, 0.5) is 0 Å². The Balaban J connectivity index is 0.00000144. The van der Waals surface area contributed by atoms with Crippen LogP contribution in [-0.2, 0) is 0 Å². The van der Waals surface area contributed by atoms with E-state index in [0.717, 1.165) is 6.04 Å². The summed E-state index contributed by atoms with van der Waals surface area (Å²) >= 11 is 0. The van der Waals surface area contributed by atoms with E-state index in [0.29, 0.717) is 0 Å². The summed E-state index contributed by atoms with van der Waals surface area (Å²) < 4.78 is 0. The van der Waals surface area contributed by atoms with Crippen molar-refractivity contribution in [3.8, 4) is 0 Å². The van der Waals surface area contributed by atoms with E-state index in [1.54, 1.807) is 0 Å². The number of hydrogen-bond acceptors (Lipinski definition) is 2. The van der Waals surface area contributed by atoms with E-state index >= 15 is 0 Å². The molecule has 1 aliphatic heterocycles. The van der Waals surface area contributed by atoms with Gasteiger partial charge in [-0.05, 0) is 25.7 Å². The first-order valence-electron chi connectivity index (χ1n) is 7.47. The van der Waals surface area contributed by atoms with Gasteiger partial charge in [-0.1, -0.05) is 44.9 Å². The molecule has 1 saturated carbocycles. The monoisotopic (exact) mass is 260 g/mol. The lowest BCUT2D eigenvalue weighted by atomic mass is 9.96. The van der Waals surface area contributed by atoms with E-state index in [1.807, 2.05) is 0 Å². The van der Waals surface area contributed by atoms with Crippen LogP contribution in [0.25, 0.3) is 0 Å². The molecule has 1 N–H and O–H groups in total. The molecule has 1 saturated heterocycles. The Kier molecular flexibility index (Phi) is 8.25. The molecule has 1 heterocycles. The third kappa shape index (κ3) is 5.58. The van der Waals surface area contributed by atoms with E-state index < -0.39 is 0 Å². The molecule has 0 aromatic heterocycles. The van der Waals surface area contributed by atoms with E-state index in [-0.39, 0.29) is 12.4 Å². The smallest absolute Gasteiger partial charge is 0.0243 e. The summed E-state index contributed by atoms with van der Waals surface area (Å²) in [5, 5.41) is 2.59. The van der Waals surface area contributed by atoms with Gasteiger partial charge in [0.05, 0.1) is 0 Å². The van der Waals surface area contributed by atoms with Crippen LogP contribution in [-0.4, -0.2) is 24.1 Å². The zero-order valence-electron chi connectivity index (χ0n) is 11.1. The lowest BCUT2D eigenvalue weighted by Crippen LogP contribution is -2.47. The van der Waals surface area contributed by atoms with Crippen LogP contribution in [0.5, 0.6) is 0 Å².